The first kappa shape index (κ1) is 15.3. The largest absolute Gasteiger partial charge is 0.332 e. The molecular weight excluding hydrogens is 296 g/mol. The maximum absolute atomic E-state index is 12.7. The van der Waals surface area contributed by atoms with Crippen molar-refractivity contribution >= 4 is 22.8 Å². The Labute approximate surface area is 133 Å². The van der Waals surface area contributed by atoms with E-state index >= 15 is 0 Å². The number of aryl methyl sites for hydroxylation is 1. The molecule has 0 unspecified atom stereocenters. The van der Waals surface area contributed by atoms with Gasteiger partial charge in [-0.15, -0.1) is 0 Å². The summed E-state index contributed by atoms with van der Waals surface area (Å²) in [4.78, 5) is 29.5. The summed E-state index contributed by atoms with van der Waals surface area (Å²) in [7, 11) is 1.64. The summed E-state index contributed by atoms with van der Waals surface area (Å²) in [6.07, 6.45) is 3.90. The van der Waals surface area contributed by atoms with Crippen LogP contribution >= 0.6 is 0 Å². The molecule has 0 radical (unpaired) electrons. The highest BCUT2D eigenvalue weighted by Crippen LogP contribution is 2.23. The highest BCUT2D eigenvalue weighted by molar-refractivity contribution is 5.87. The Morgan fingerprint density at radius 3 is 2.70 bits per heavy atom. The van der Waals surface area contributed by atoms with Crippen LogP contribution in [0.2, 0.25) is 0 Å². The van der Waals surface area contributed by atoms with Crippen LogP contribution in [0.5, 0.6) is 0 Å². The van der Waals surface area contributed by atoms with Crippen LogP contribution in [-0.4, -0.2) is 30.9 Å². The predicted octanol–water partition coefficient (Wildman–Crippen LogP) is 0.689. The highest BCUT2D eigenvalue weighted by Gasteiger charge is 2.25. The number of rotatable bonds is 3. The summed E-state index contributed by atoms with van der Waals surface area (Å²) >= 11 is 0. The number of nitrogens with zero attached hydrogens (tertiary/aromatic N) is 6. The maximum Gasteiger partial charge on any atom is 0.332 e. The lowest BCUT2D eigenvalue weighted by atomic mass is 10.3. The Bertz CT molecular complexity index is 943. The van der Waals surface area contributed by atoms with Crippen LogP contribution in [0.4, 0.5) is 5.95 Å². The molecule has 0 aromatic carbocycles. The SMILES string of the molecule is C/C=C/CN1N=C(C)Cn2c1nc1c2c(=O)n(CC)c(=O)n1C. The number of imidazole rings is 1. The Morgan fingerprint density at radius 2 is 2.04 bits per heavy atom. The third-order valence-electron chi connectivity index (χ3n) is 3.95. The molecule has 8 heteroatoms. The molecule has 23 heavy (non-hydrogen) atoms. The minimum absolute atomic E-state index is 0.301. The van der Waals surface area contributed by atoms with E-state index < -0.39 is 0 Å². The van der Waals surface area contributed by atoms with Crippen molar-refractivity contribution in [3.05, 3.63) is 33.0 Å². The normalized spacial score (nSPS) is 14.6. The number of hydrogen-bond donors (Lipinski definition) is 0. The first-order valence-corrected chi connectivity index (χ1v) is 7.62. The zero-order valence-corrected chi connectivity index (χ0v) is 13.8. The molecule has 0 saturated carbocycles. The van der Waals surface area contributed by atoms with Crippen LogP contribution in [0.25, 0.3) is 11.2 Å². The molecule has 0 fully saturated rings. The molecule has 3 rings (SSSR count). The maximum atomic E-state index is 12.7. The molecule has 2 aromatic heterocycles. The number of anilines is 1. The zero-order valence-electron chi connectivity index (χ0n) is 13.8. The smallest absolute Gasteiger partial charge is 0.297 e. The van der Waals surface area contributed by atoms with Gasteiger partial charge in [-0.1, -0.05) is 12.2 Å². The third kappa shape index (κ3) is 2.21. The van der Waals surface area contributed by atoms with E-state index in [2.05, 4.69) is 10.1 Å². The molecule has 0 aliphatic carbocycles. The van der Waals surface area contributed by atoms with Crippen molar-refractivity contribution in [2.24, 2.45) is 12.1 Å². The second-order valence-electron chi connectivity index (χ2n) is 5.55. The average Bonchev–Trinajstić information content (AvgIpc) is 2.90. The Balaban J connectivity index is 2.35. The summed E-state index contributed by atoms with van der Waals surface area (Å²) in [5.74, 6) is 0.588. The summed E-state index contributed by atoms with van der Waals surface area (Å²) in [5.41, 5.74) is 1.08. The second-order valence-corrected chi connectivity index (χ2v) is 5.55. The average molecular weight is 316 g/mol. The first-order chi connectivity index (χ1) is 11.0. The Hall–Kier alpha value is -2.64. The van der Waals surface area contributed by atoms with Gasteiger partial charge in [0.15, 0.2) is 11.2 Å². The van der Waals surface area contributed by atoms with Gasteiger partial charge in [0.2, 0.25) is 5.95 Å². The molecule has 0 atom stereocenters. The lowest BCUT2D eigenvalue weighted by Gasteiger charge is -2.23. The van der Waals surface area contributed by atoms with Crippen LogP contribution in [0.3, 0.4) is 0 Å². The van der Waals surface area contributed by atoms with E-state index in [1.807, 2.05) is 30.6 Å². The molecule has 0 amide bonds. The van der Waals surface area contributed by atoms with Crippen molar-refractivity contribution in [1.82, 2.24) is 18.7 Å². The van der Waals surface area contributed by atoms with Crippen LogP contribution in [-0.2, 0) is 20.1 Å². The van der Waals surface area contributed by atoms with Crippen LogP contribution < -0.4 is 16.3 Å². The molecule has 8 nitrogen and oxygen atoms in total. The third-order valence-corrected chi connectivity index (χ3v) is 3.95. The van der Waals surface area contributed by atoms with Crippen molar-refractivity contribution in [3.63, 3.8) is 0 Å². The number of fused-ring (bicyclic) bond motifs is 3. The predicted molar refractivity (Wildman–Crippen MR) is 90.2 cm³/mol. The molecule has 122 valence electrons. The summed E-state index contributed by atoms with van der Waals surface area (Å²) in [6.45, 7) is 7.03. The molecule has 0 bridgehead atoms. The molecule has 0 saturated heterocycles. The van der Waals surface area contributed by atoms with E-state index in [1.165, 1.54) is 9.13 Å². The van der Waals surface area contributed by atoms with Crippen molar-refractivity contribution < 1.29 is 0 Å². The highest BCUT2D eigenvalue weighted by atomic mass is 16.2. The second kappa shape index (κ2) is 5.53. The van der Waals surface area contributed by atoms with Gasteiger partial charge in [0.05, 0.1) is 18.8 Å². The molecule has 3 heterocycles. The minimum Gasteiger partial charge on any atom is -0.297 e. The summed E-state index contributed by atoms with van der Waals surface area (Å²) < 4.78 is 4.50. The lowest BCUT2D eigenvalue weighted by Crippen LogP contribution is -2.39. The van der Waals surface area contributed by atoms with Crippen molar-refractivity contribution in [2.45, 2.75) is 33.9 Å². The van der Waals surface area contributed by atoms with Crippen LogP contribution in [0.1, 0.15) is 20.8 Å². The van der Waals surface area contributed by atoms with Crippen LogP contribution in [0.15, 0.2) is 26.8 Å². The summed E-state index contributed by atoms with van der Waals surface area (Å²) in [6, 6.07) is 0. The summed E-state index contributed by atoms with van der Waals surface area (Å²) in [5, 5.41) is 6.25. The van der Waals surface area contributed by atoms with Crippen molar-refractivity contribution in [3.8, 4) is 0 Å². The molecule has 2 aromatic rings. The number of hydrogen-bond acceptors (Lipinski definition) is 5. The molecule has 1 aliphatic rings. The fraction of sp³-hybridized carbons (Fsp3) is 0.467. The number of allylic oxidation sites excluding steroid dienone is 1. The fourth-order valence-electron chi connectivity index (χ4n) is 2.82. The quantitative estimate of drug-likeness (QED) is 0.781. The monoisotopic (exact) mass is 316 g/mol. The van der Waals surface area contributed by atoms with Crippen LogP contribution in [0, 0.1) is 0 Å². The topological polar surface area (TPSA) is 77.4 Å². The van der Waals surface area contributed by atoms with Crippen molar-refractivity contribution in [2.75, 3.05) is 11.6 Å². The van der Waals surface area contributed by atoms with Crippen molar-refractivity contribution in [1.29, 1.82) is 0 Å². The van der Waals surface area contributed by atoms with E-state index in [0.717, 1.165) is 5.71 Å². The van der Waals surface area contributed by atoms with Gasteiger partial charge in [-0.05, 0) is 20.8 Å². The number of aromatic nitrogens is 4. The van der Waals surface area contributed by atoms with Gasteiger partial charge in [0, 0.05) is 13.6 Å². The fourth-order valence-corrected chi connectivity index (χ4v) is 2.82. The van der Waals surface area contributed by atoms with Gasteiger partial charge >= 0.3 is 5.69 Å². The Kier molecular flexibility index (Phi) is 3.67. The van der Waals surface area contributed by atoms with E-state index in [9.17, 15) is 9.59 Å². The van der Waals surface area contributed by atoms with Gasteiger partial charge in [0.1, 0.15) is 0 Å². The van der Waals surface area contributed by atoms with E-state index in [4.69, 9.17) is 0 Å². The molecule has 0 N–H and O–H groups in total. The van der Waals surface area contributed by atoms with Gasteiger partial charge in [-0.3, -0.25) is 18.5 Å². The Morgan fingerprint density at radius 1 is 1.30 bits per heavy atom. The zero-order chi connectivity index (χ0) is 16.7. The number of hydrazone groups is 1. The van der Waals surface area contributed by atoms with Gasteiger partial charge < -0.3 is 0 Å². The van der Waals surface area contributed by atoms with Gasteiger partial charge in [0.25, 0.3) is 5.56 Å². The first-order valence-electron chi connectivity index (χ1n) is 7.62. The lowest BCUT2D eigenvalue weighted by molar-refractivity contribution is 0.634. The van der Waals surface area contributed by atoms with E-state index in [0.29, 0.717) is 36.7 Å². The standard InChI is InChI=1S/C15H20N6O2/c1-5-7-8-21-14-16-12-11(20(14)9-10(3)17-21)13(22)19(6-2)15(23)18(12)4/h5,7H,6,8-9H2,1-4H3/b7-5+. The minimum atomic E-state index is -0.349. The van der Waals surface area contributed by atoms with E-state index in [1.54, 1.807) is 19.0 Å². The molecule has 0 spiro atoms. The molecular formula is C15H20N6O2. The van der Waals surface area contributed by atoms with Gasteiger partial charge in [-0.2, -0.15) is 10.1 Å². The van der Waals surface area contributed by atoms with E-state index in [-0.39, 0.29) is 11.2 Å². The molecule has 1 aliphatic heterocycles. The van der Waals surface area contributed by atoms with Gasteiger partial charge in [-0.25, -0.2) is 9.80 Å².